The molecule has 132 valence electrons. The molecule has 0 atom stereocenters. The number of benzene rings is 2. The van der Waals surface area contributed by atoms with Gasteiger partial charge in [0, 0.05) is 5.69 Å². The summed E-state index contributed by atoms with van der Waals surface area (Å²) in [6.07, 6.45) is 3.24. The minimum atomic E-state index is -3.34. The molecule has 0 heterocycles. The molecular formula is C18H17ClFNO3S. The van der Waals surface area contributed by atoms with Crippen molar-refractivity contribution in [2.45, 2.75) is 35.8 Å². The molecule has 0 radical (unpaired) electrons. The molecule has 2 aromatic rings. The third-order valence-electron chi connectivity index (χ3n) is 4.37. The van der Waals surface area contributed by atoms with Crippen LogP contribution < -0.4 is 5.32 Å². The Labute approximate surface area is 150 Å². The Hall–Kier alpha value is -1.92. The molecule has 0 aromatic heterocycles. The van der Waals surface area contributed by atoms with Crippen LogP contribution in [0, 0.1) is 5.82 Å². The van der Waals surface area contributed by atoms with Gasteiger partial charge < -0.3 is 5.32 Å². The highest BCUT2D eigenvalue weighted by molar-refractivity contribution is 7.92. The van der Waals surface area contributed by atoms with E-state index in [1.807, 2.05) is 0 Å². The van der Waals surface area contributed by atoms with Crippen LogP contribution in [-0.2, 0) is 9.84 Å². The first kappa shape index (κ1) is 17.9. The molecule has 1 N–H and O–H groups in total. The van der Waals surface area contributed by atoms with Crippen molar-refractivity contribution in [3.05, 3.63) is 58.9 Å². The van der Waals surface area contributed by atoms with Crippen LogP contribution in [0.25, 0.3) is 0 Å². The molecule has 0 aliphatic heterocycles. The van der Waals surface area contributed by atoms with Crippen LogP contribution in [0.3, 0.4) is 0 Å². The van der Waals surface area contributed by atoms with E-state index in [1.165, 1.54) is 36.4 Å². The number of carbonyl (C=O) groups is 1. The smallest absolute Gasteiger partial charge is 0.260 e. The van der Waals surface area contributed by atoms with Gasteiger partial charge in [-0.2, -0.15) is 0 Å². The number of hydrogen-bond acceptors (Lipinski definition) is 3. The summed E-state index contributed by atoms with van der Waals surface area (Å²) >= 11 is 5.87. The first-order valence-corrected chi connectivity index (χ1v) is 9.91. The summed E-state index contributed by atoms with van der Waals surface area (Å²) in [6, 6.07) is 9.91. The normalized spacial score (nSPS) is 15.3. The molecule has 1 fully saturated rings. The van der Waals surface area contributed by atoms with Gasteiger partial charge in [-0.05, 0) is 49.2 Å². The zero-order chi connectivity index (χ0) is 18.0. The van der Waals surface area contributed by atoms with Crippen LogP contribution in [-0.4, -0.2) is 19.6 Å². The number of sulfone groups is 1. The number of anilines is 1. The number of nitrogens with one attached hydrogen (secondary N) is 1. The van der Waals surface area contributed by atoms with Crippen molar-refractivity contribution in [1.29, 1.82) is 0 Å². The summed E-state index contributed by atoms with van der Waals surface area (Å²) in [6.45, 7) is 0. The maximum atomic E-state index is 13.8. The summed E-state index contributed by atoms with van der Waals surface area (Å²) in [5.41, 5.74) is 0.126. The van der Waals surface area contributed by atoms with Crippen LogP contribution in [0.5, 0.6) is 0 Å². The SMILES string of the molecule is O=C(Nc1ccc(S(=O)(=O)C2CCCC2)cc1)c1c(F)cccc1Cl. The van der Waals surface area contributed by atoms with Crippen molar-refractivity contribution >= 4 is 33.0 Å². The number of carbonyl (C=O) groups excluding carboxylic acids is 1. The Kier molecular flexibility index (Phi) is 5.11. The molecule has 4 nitrogen and oxygen atoms in total. The summed E-state index contributed by atoms with van der Waals surface area (Å²) in [5, 5.41) is 2.21. The molecule has 0 spiro atoms. The third-order valence-corrected chi connectivity index (χ3v) is 6.96. The highest BCUT2D eigenvalue weighted by atomic mass is 35.5. The fraction of sp³-hybridized carbons (Fsp3) is 0.278. The predicted octanol–water partition coefficient (Wildman–Crippen LogP) is 4.45. The minimum Gasteiger partial charge on any atom is -0.322 e. The molecule has 1 aliphatic carbocycles. The second-order valence-electron chi connectivity index (χ2n) is 6.03. The van der Waals surface area contributed by atoms with Crippen molar-refractivity contribution in [3.63, 3.8) is 0 Å². The molecule has 0 saturated heterocycles. The van der Waals surface area contributed by atoms with E-state index in [9.17, 15) is 17.6 Å². The van der Waals surface area contributed by atoms with Crippen molar-refractivity contribution in [1.82, 2.24) is 0 Å². The van der Waals surface area contributed by atoms with Crippen LogP contribution in [0.2, 0.25) is 5.02 Å². The zero-order valence-electron chi connectivity index (χ0n) is 13.3. The predicted molar refractivity (Wildman–Crippen MR) is 95.2 cm³/mol. The first-order chi connectivity index (χ1) is 11.9. The van der Waals surface area contributed by atoms with Gasteiger partial charge in [-0.1, -0.05) is 30.5 Å². The molecule has 1 amide bonds. The standard InChI is InChI=1S/C18H17ClFNO3S/c19-15-6-3-7-16(20)17(15)18(22)21-12-8-10-14(11-9-12)25(23,24)13-4-1-2-5-13/h3,6-11,13H,1-2,4-5H2,(H,21,22). The van der Waals surface area contributed by atoms with Crippen molar-refractivity contribution < 1.29 is 17.6 Å². The molecule has 7 heteroatoms. The number of hydrogen-bond donors (Lipinski definition) is 1. The summed E-state index contributed by atoms with van der Waals surface area (Å²) in [7, 11) is -3.34. The quantitative estimate of drug-likeness (QED) is 0.851. The second-order valence-corrected chi connectivity index (χ2v) is 8.66. The molecule has 1 saturated carbocycles. The lowest BCUT2D eigenvalue weighted by molar-refractivity contribution is 0.102. The van der Waals surface area contributed by atoms with Gasteiger partial charge in [0.15, 0.2) is 9.84 Å². The topological polar surface area (TPSA) is 63.2 Å². The van der Waals surface area contributed by atoms with Gasteiger partial charge in [-0.3, -0.25) is 4.79 Å². The lowest BCUT2D eigenvalue weighted by Crippen LogP contribution is -2.18. The first-order valence-electron chi connectivity index (χ1n) is 7.99. The Morgan fingerprint density at radius 2 is 1.72 bits per heavy atom. The van der Waals surface area contributed by atoms with E-state index in [-0.39, 0.29) is 20.7 Å². The van der Waals surface area contributed by atoms with Crippen molar-refractivity contribution in [2.24, 2.45) is 0 Å². The van der Waals surface area contributed by atoms with Gasteiger partial charge in [0.1, 0.15) is 5.82 Å². The molecular weight excluding hydrogens is 365 g/mol. The number of halogens is 2. The van der Waals surface area contributed by atoms with E-state index in [1.54, 1.807) is 0 Å². The van der Waals surface area contributed by atoms with Crippen molar-refractivity contribution in [2.75, 3.05) is 5.32 Å². The maximum absolute atomic E-state index is 13.8. The highest BCUT2D eigenvalue weighted by Gasteiger charge is 2.30. The Morgan fingerprint density at radius 1 is 1.08 bits per heavy atom. The van der Waals surface area contributed by atoms with Crippen LogP contribution >= 0.6 is 11.6 Å². The average molecular weight is 382 g/mol. The molecule has 1 aliphatic rings. The molecule has 3 rings (SSSR count). The molecule has 0 unspecified atom stereocenters. The maximum Gasteiger partial charge on any atom is 0.260 e. The second kappa shape index (κ2) is 7.14. The Bertz CT molecular complexity index is 871. The lowest BCUT2D eigenvalue weighted by Gasteiger charge is -2.12. The van der Waals surface area contributed by atoms with Crippen LogP contribution in [0.4, 0.5) is 10.1 Å². The average Bonchev–Trinajstić information content (AvgIpc) is 3.10. The van der Waals surface area contributed by atoms with Crippen LogP contribution in [0.15, 0.2) is 47.4 Å². The van der Waals surface area contributed by atoms with Gasteiger partial charge >= 0.3 is 0 Å². The van der Waals surface area contributed by atoms with Gasteiger partial charge in [-0.25, -0.2) is 12.8 Å². The Balaban J connectivity index is 1.78. The largest absolute Gasteiger partial charge is 0.322 e. The minimum absolute atomic E-state index is 0.0120. The molecule has 2 aromatic carbocycles. The van der Waals surface area contributed by atoms with Gasteiger partial charge in [-0.15, -0.1) is 0 Å². The lowest BCUT2D eigenvalue weighted by atomic mass is 10.2. The Morgan fingerprint density at radius 3 is 2.32 bits per heavy atom. The van der Waals surface area contributed by atoms with E-state index in [2.05, 4.69) is 5.32 Å². The monoisotopic (exact) mass is 381 g/mol. The fourth-order valence-electron chi connectivity index (χ4n) is 3.03. The van der Waals surface area contributed by atoms with E-state index < -0.39 is 21.6 Å². The van der Waals surface area contributed by atoms with E-state index in [0.29, 0.717) is 18.5 Å². The van der Waals surface area contributed by atoms with Gasteiger partial charge in [0.2, 0.25) is 0 Å². The molecule has 25 heavy (non-hydrogen) atoms. The van der Waals surface area contributed by atoms with Crippen LogP contribution in [0.1, 0.15) is 36.0 Å². The third kappa shape index (κ3) is 3.70. The van der Waals surface area contributed by atoms with E-state index in [0.717, 1.165) is 18.9 Å². The number of amides is 1. The van der Waals surface area contributed by atoms with Crippen molar-refractivity contribution in [3.8, 4) is 0 Å². The summed E-state index contributed by atoms with van der Waals surface area (Å²) in [5.74, 6) is -1.40. The van der Waals surface area contributed by atoms with E-state index >= 15 is 0 Å². The fourth-order valence-corrected chi connectivity index (χ4v) is 5.13. The summed E-state index contributed by atoms with van der Waals surface area (Å²) in [4.78, 5) is 12.4. The van der Waals surface area contributed by atoms with E-state index in [4.69, 9.17) is 11.6 Å². The zero-order valence-corrected chi connectivity index (χ0v) is 14.9. The highest BCUT2D eigenvalue weighted by Crippen LogP contribution is 2.30. The molecule has 0 bridgehead atoms. The van der Waals surface area contributed by atoms with Gasteiger partial charge in [0.25, 0.3) is 5.91 Å². The van der Waals surface area contributed by atoms with Gasteiger partial charge in [0.05, 0.1) is 20.7 Å². The number of rotatable bonds is 4. The summed E-state index contributed by atoms with van der Waals surface area (Å²) < 4.78 is 38.8.